The van der Waals surface area contributed by atoms with Crippen molar-refractivity contribution in [2.75, 3.05) is 0 Å². The summed E-state index contributed by atoms with van der Waals surface area (Å²) in [4.78, 5) is 4.27. The first-order chi connectivity index (χ1) is 7.73. The monoisotopic (exact) mass is 244 g/mol. The summed E-state index contributed by atoms with van der Waals surface area (Å²) in [6.07, 6.45) is 5.55. The van der Waals surface area contributed by atoms with E-state index in [0.29, 0.717) is 5.41 Å². The highest BCUT2D eigenvalue weighted by atomic mass is 17.1. The lowest BCUT2D eigenvalue weighted by atomic mass is 9.86. The smallest absolute Gasteiger partial charge is 0.119 e. The van der Waals surface area contributed by atoms with E-state index in [-0.39, 0.29) is 0 Å². The molecule has 0 amide bonds. The van der Waals surface area contributed by atoms with Crippen LogP contribution in [0.5, 0.6) is 0 Å². The molecule has 0 aromatic heterocycles. The zero-order chi connectivity index (χ0) is 14.1. The fourth-order valence-corrected chi connectivity index (χ4v) is 0.894. The minimum Gasteiger partial charge on any atom is -0.251 e. The molecule has 0 aliphatic heterocycles. The molecule has 1 rings (SSSR count). The van der Waals surface area contributed by atoms with Gasteiger partial charge in [0.25, 0.3) is 0 Å². The van der Waals surface area contributed by atoms with Crippen LogP contribution >= 0.6 is 0 Å². The summed E-state index contributed by atoms with van der Waals surface area (Å²) in [5, 5.41) is 8.39. The lowest BCUT2D eigenvalue weighted by molar-refractivity contribution is -0.301. The molecule has 0 fully saturated rings. The zero-order valence-corrected chi connectivity index (χ0v) is 13.1. The number of hydrogen-bond acceptors (Lipinski definition) is 2. The fourth-order valence-electron chi connectivity index (χ4n) is 0.894. The van der Waals surface area contributed by atoms with Crippen LogP contribution < -0.4 is 0 Å². The Hall–Kier alpha value is -0.340. The zero-order valence-electron chi connectivity index (χ0n) is 13.1. The van der Waals surface area contributed by atoms with Gasteiger partial charge in [-0.15, -0.1) is 0 Å². The van der Waals surface area contributed by atoms with Crippen molar-refractivity contribution in [3.8, 4) is 0 Å². The molecule has 0 saturated heterocycles. The second-order valence-electron chi connectivity index (χ2n) is 5.78. The van der Waals surface area contributed by atoms with Gasteiger partial charge in [-0.2, -0.15) is 0 Å². The summed E-state index contributed by atoms with van der Waals surface area (Å²) >= 11 is 0. The van der Waals surface area contributed by atoms with Crippen molar-refractivity contribution in [3.63, 3.8) is 0 Å². The van der Waals surface area contributed by atoms with E-state index in [9.17, 15) is 0 Å². The van der Waals surface area contributed by atoms with Gasteiger partial charge < -0.3 is 0 Å². The van der Waals surface area contributed by atoms with Crippen molar-refractivity contribution in [1.29, 1.82) is 0 Å². The average molecular weight is 244 g/mol. The first-order valence-electron chi connectivity index (χ1n) is 6.75. The third-order valence-corrected chi connectivity index (χ3v) is 2.87. The van der Waals surface area contributed by atoms with Crippen molar-refractivity contribution in [2.24, 2.45) is 5.41 Å². The second-order valence-corrected chi connectivity index (χ2v) is 5.78. The number of rotatable bonds is 2. The molecule has 0 bridgehead atoms. The number of allylic oxidation sites excluding steroid dienone is 1. The van der Waals surface area contributed by atoms with Gasteiger partial charge >= 0.3 is 0 Å². The third-order valence-electron chi connectivity index (χ3n) is 2.87. The Morgan fingerprint density at radius 3 is 1.59 bits per heavy atom. The maximum Gasteiger partial charge on any atom is 0.119 e. The molecule has 0 aromatic rings. The van der Waals surface area contributed by atoms with E-state index in [1.165, 1.54) is 12.0 Å². The Labute approximate surface area is 108 Å². The van der Waals surface area contributed by atoms with Gasteiger partial charge in [0.1, 0.15) is 5.60 Å². The minimum atomic E-state index is -0.446. The van der Waals surface area contributed by atoms with Crippen LogP contribution in [0.4, 0.5) is 0 Å². The Bertz CT molecular complexity index is 209. The van der Waals surface area contributed by atoms with E-state index in [0.717, 1.165) is 12.8 Å². The molecule has 0 aromatic carbocycles. The molecule has 0 heterocycles. The summed E-state index contributed by atoms with van der Waals surface area (Å²) in [5.74, 6) is 0. The number of hydrogen-bond donors (Lipinski definition) is 1. The largest absolute Gasteiger partial charge is 0.251 e. The summed E-state index contributed by atoms with van der Waals surface area (Å²) in [6.45, 7) is 16.7. The molecule has 0 saturated carbocycles. The maximum absolute atomic E-state index is 8.39. The highest BCUT2D eigenvalue weighted by molar-refractivity contribution is 5.21. The summed E-state index contributed by atoms with van der Waals surface area (Å²) in [6, 6.07) is 0. The summed E-state index contributed by atoms with van der Waals surface area (Å²) in [5.41, 5.74) is 1.29. The molecule has 0 unspecified atom stereocenters. The standard InChI is InChI=1S/C7H12O2.C6H14.C2H6/c1-7(2,9-8)6-4-3-5-6;1-5-6(2,3)4;1-2/h4,8H,3,5H2,1-2H3;5H2,1-4H3;1-2H3. The lowest BCUT2D eigenvalue weighted by Crippen LogP contribution is -2.28. The molecule has 1 aliphatic carbocycles. The Balaban J connectivity index is 0. The quantitative estimate of drug-likeness (QED) is 0.398. The summed E-state index contributed by atoms with van der Waals surface area (Å²) < 4.78 is 0. The molecule has 1 N–H and O–H groups in total. The van der Waals surface area contributed by atoms with E-state index < -0.39 is 5.60 Å². The topological polar surface area (TPSA) is 29.5 Å². The van der Waals surface area contributed by atoms with Crippen molar-refractivity contribution >= 4 is 0 Å². The normalized spacial score (nSPS) is 14.5. The van der Waals surface area contributed by atoms with Gasteiger partial charge in [0.05, 0.1) is 0 Å². The van der Waals surface area contributed by atoms with Crippen LogP contribution in [0.1, 0.15) is 74.7 Å². The van der Waals surface area contributed by atoms with E-state index >= 15 is 0 Å². The van der Waals surface area contributed by atoms with Gasteiger partial charge in [0, 0.05) is 0 Å². The Kier molecular flexibility index (Phi) is 9.74. The van der Waals surface area contributed by atoms with E-state index in [1.54, 1.807) is 0 Å². The Morgan fingerprint density at radius 1 is 1.18 bits per heavy atom. The lowest BCUT2D eigenvalue weighted by Gasteiger charge is -2.28. The van der Waals surface area contributed by atoms with Crippen LogP contribution in [0, 0.1) is 5.41 Å². The first kappa shape index (κ1) is 19.0. The van der Waals surface area contributed by atoms with Crippen molar-refractivity contribution < 1.29 is 10.1 Å². The first-order valence-corrected chi connectivity index (χ1v) is 6.75. The van der Waals surface area contributed by atoms with Crippen molar-refractivity contribution in [3.05, 3.63) is 11.6 Å². The molecule has 17 heavy (non-hydrogen) atoms. The molecular formula is C15H32O2. The summed E-state index contributed by atoms with van der Waals surface area (Å²) in [7, 11) is 0. The Morgan fingerprint density at radius 2 is 1.53 bits per heavy atom. The van der Waals surface area contributed by atoms with Gasteiger partial charge in [0.2, 0.25) is 0 Å². The molecule has 2 heteroatoms. The van der Waals surface area contributed by atoms with Gasteiger partial charge in [0.15, 0.2) is 0 Å². The molecule has 1 aliphatic rings. The molecule has 104 valence electrons. The van der Waals surface area contributed by atoms with E-state index in [1.807, 2.05) is 27.7 Å². The average Bonchev–Trinajstić information content (AvgIpc) is 2.17. The maximum atomic E-state index is 8.39. The SMILES string of the molecule is CC.CC(C)(OO)C1=CCC1.CCC(C)(C)C. The van der Waals surface area contributed by atoms with Gasteiger partial charge in [-0.3, -0.25) is 5.26 Å². The van der Waals surface area contributed by atoms with E-state index in [4.69, 9.17) is 5.26 Å². The van der Waals surface area contributed by atoms with Crippen molar-refractivity contribution in [2.45, 2.75) is 80.3 Å². The van der Waals surface area contributed by atoms with Crippen LogP contribution in [0.3, 0.4) is 0 Å². The fraction of sp³-hybridized carbons (Fsp3) is 0.867. The molecule has 0 atom stereocenters. The van der Waals surface area contributed by atoms with Crippen LogP contribution in [-0.4, -0.2) is 10.9 Å². The molecule has 2 nitrogen and oxygen atoms in total. The van der Waals surface area contributed by atoms with Crippen LogP contribution in [-0.2, 0) is 4.89 Å². The third kappa shape index (κ3) is 9.37. The van der Waals surface area contributed by atoms with Crippen LogP contribution in [0.2, 0.25) is 0 Å². The van der Waals surface area contributed by atoms with Crippen molar-refractivity contribution in [1.82, 2.24) is 0 Å². The highest BCUT2D eigenvalue weighted by Gasteiger charge is 2.26. The second kappa shape index (κ2) is 8.71. The molecule has 0 spiro atoms. The van der Waals surface area contributed by atoms with Gasteiger partial charge in [-0.1, -0.05) is 54.0 Å². The molecule has 0 radical (unpaired) electrons. The van der Waals surface area contributed by atoms with Crippen LogP contribution in [0.25, 0.3) is 0 Å². The predicted molar refractivity (Wildman–Crippen MR) is 76.2 cm³/mol. The predicted octanol–water partition coefficient (Wildman–Crippen LogP) is 5.44. The van der Waals surface area contributed by atoms with E-state index in [2.05, 4.69) is 38.7 Å². The van der Waals surface area contributed by atoms with Gasteiger partial charge in [-0.25, -0.2) is 4.89 Å². The minimum absolute atomic E-state index is 0.446. The van der Waals surface area contributed by atoms with Crippen LogP contribution in [0.15, 0.2) is 11.6 Å². The van der Waals surface area contributed by atoms with Gasteiger partial charge in [-0.05, 0) is 37.7 Å². The highest BCUT2D eigenvalue weighted by Crippen LogP contribution is 2.30. The molecular weight excluding hydrogens is 212 g/mol.